The molecule has 24 heavy (non-hydrogen) atoms. The van der Waals surface area contributed by atoms with Crippen molar-refractivity contribution >= 4 is 25.9 Å². The van der Waals surface area contributed by atoms with Gasteiger partial charge in [0, 0.05) is 18.7 Å². The van der Waals surface area contributed by atoms with Crippen LogP contribution in [0.1, 0.15) is 18.4 Å². The molecule has 1 aliphatic rings. The predicted octanol–water partition coefficient (Wildman–Crippen LogP) is 1.57. The summed E-state index contributed by atoms with van der Waals surface area (Å²) in [6, 6.07) is 5.14. The van der Waals surface area contributed by atoms with Gasteiger partial charge in [-0.3, -0.25) is 4.72 Å². The minimum atomic E-state index is -3.87. The topological polar surface area (TPSA) is 110 Å². The van der Waals surface area contributed by atoms with Crippen LogP contribution in [0.5, 0.6) is 0 Å². The Kier molecular flexibility index (Phi) is 4.37. The first-order valence-corrected chi connectivity index (χ1v) is 10.3. The maximum atomic E-state index is 12.4. The van der Waals surface area contributed by atoms with Crippen molar-refractivity contribution in [1.82, 2.24) is 9.46 Å². The molecule has 3 rings (SSSR count). The van der Waals surface area contributed by atoms with E-state index in [1.165, 1.54) is 34.8 Å². The molecule has 0 bridgehead atoms. The first-order valence-electron chi connectivity index (χ1n) is 7.35. The molecule has 2 heterocycles. The quantitative estimate of drug-likeness (QED) is 0.854. The van der Waals surface area contributed by atoms with Crippen molar-refractivity contribution in [2.75, 3.05) is 17.8 Å². The van der Waals surface area contributed by atoms with E-state index in [4.69, 9.17) is 0 Å². The number of sulfonamides is 2. The standard InChI is InChI=1S/C14H17N3O5S2/c1-11-10-22-15-14(11)16-23(18,19)12-4-6-13(7-5-12)24(20,21)17-8-2-3-9-17/h4-7,10H,2-3,8-9H2,1H3,(H,15,16). The molecule has 1 saturated heterocycles. The summed E-state index contributed by atoms with van der Waals surface area (Å²) in [6.45, 7) is 2.64. The number of aromatic nitrogens is 1. The van der Waals surface area contributed by atoms with E-state index >= 15 is 0 Å². The Balaban J connectivity index is 1.85. The van der Waals surface area contributed by atoms with Gasteiger partial charge in [0.05, 0.1) is 9.79 Å². The highest BCUT2D eigenvalue weighted by Gasteiger charge is 2.27. The fraction of sp³-hybridized carbons (Fsp3) is 0.357. The van der Waals surface area contributed by atoms with Crippen molar-refractivity contribution in [3.05, 3.63) is 36.1 Å². The lowest BCUT2D eigenvalue weighted by molar-refractivity contribution is 0.422. The minimum absolute atomic E-state index is 0.0507. The molecule has 1 aliphatic heterocycles. The number of anilines is 1. The summed E-state index contributed by atoms with van der Waals surface area (Å²) >= 11 is 0. The largest absolute Gasteiger partial charge is 0.362 e. The van der Waals surface area contributed by atoms with Crippen LogP contribution in [0.3, 0.4) is 0 Å². The number of benzene rings is 1. The van der Waals surface area contributed by atoms with Gasteiger partial charge in [0.2, 0.25) is 10.0 Å². The van der Waals surface area contributed by atoms with Crippen LogP contribution in [0.15, 0.2) is 44.8 Å². The Bertz CT molecular complexity index is 927. The van der Waals surface area contributed by atoms with Gasteiger partial charge >= 0.3 is 0 Å². The van der Waals surface area contributed by atoms with Gasteiger partial charge in [0.1, 0.15) is 6.26 Å². The Morgan fingerprint density at radius 3 is 2.17 bits per heavy atom. The highest BCUT2D eigenvalue weighted by atomic mass is 32.2. The van der Waals surface area contributed by atoms with Gasteiger partial charge in [-0.2, -0.15) is 4.31 Å². The van der Waals surface area contributed by atoms with E-state index < -0.39 is 20.0 Å². The van der Waals surface area contributed by atoms with Gasteiger partial charge in [0.15, 0.2) is 5.82 Å². The zero-order chi connectivity index (χ0) is 17.4. The van der Waals surface area contributed by atoms with Crippen LogP contribution < -0.4 is 4.72 Å². The van der Waals surface area contributed by atoms with Crippen LogP contribution in [-0.4, -0.2) is 39.4 Å². The molecule has 1 N–H and O–H groups in total. The van der Waals surface area contributed by atoms with E-state index in [9.17, 15) is 16.8 Å². The molecular weight excluding hydrogens is 354 g/mol. The van der Waals surface area contributed by atoms with E-state index in [1.807, 2.05) is 0 Å². The molecule has 1 fully saturated rings. The van der Waals surface area contributed by atoms with Gasteiger partial charge in [-0.05, 0) is 44.0 Å². The van der Waals surface area contributed by atoms with Gasteiger partial charge in [-0.25, -0.2) is 16.8 Å². The molecule has 8 nitrogen and oxygen atoms in total. The summed E-state index contributed by atoms with van der Waals surface area (Å²) < 4.78 is 57.9. The van der Waals surface area contributed by atoms with Crippen LogP contribution in [0.4, 0.5) is 5.82 Å². The molecule has 2 aromatic rings. The molecule has 0 aliphatic carbocycles. The summed E-state index contributed by atoms with van der Waals surface area (Å²) in [5, 5.41) is 3.57. The van der Waals surface area contributed by atoms with Crippen molar-refractivity contribution in [3.63, 3.8) is 0 Å². The second-order valence-corrected chi connectivity index (χ2v) is 9.15. The highest BCUT2D eigenvalue weighted by molar-refractivity contribution is 7.92. The lowest BCUT2D eigenvalue weighted by atomic mass is 10.4. The maximum Gasteiger partial charge on any atom is 0.263 e. The van der Waals surface area contributed by atoms with Gasteiger partial charge < -0.3 is 4.52 Å². The predicted molar refractivity (Wildman–Crippen MR) is 86.5 cm³/mol. The lowest BCUT2D eigenvalue weighted by Gasteiger charge is -2.15. The van der Waals surface area contributed by atoms with Gasteiger partial charge in [0.25, 0.3) is 10.0 Å². The monoisotopic (exact) mass is 371 g/mol. The second-order valence-electron chi connectivity index (χ2n) is 5.53. The van der Waals surface area contributed by atoms with Crippen LogP contribution in [0.25, 0.3) is 0 Å². The van der Waals surface area contributed by atoms with E-state index in [0.29, 0.717) is 18.7 Å². The van der Waals surface area contributed by atoms with Crippen molar-refractivity contribution in [1.29, 1.82) is 0 Å². The van der Waals surface area contributed by atoms with Crippen molar-refractivity contribution < 1.29 is 21.4 Å². The fourth-order valence-corrected chi connectivity index (χ4v) is 5.02. The van der Waals surface area contributed by atoms with Crippen LogP contribution in [0, 0.1) is 6.92 Å². The summed E-state index contributed by atoms with van der Waals surface area (Å²) in [5.41, 5.74) is 0.548. The number of aryl methyl sites for hydroxylation is 1. The smallest absolute Gasteiger partial charge is 0.263 e. The number of hydrogen-bond acceptors (Lipinski definition) is 6. The first-order chi connectivity index (χ1) is 11.3. The summed E-state index contributed by atoms with van der Waals surface area (Å²) in [6.07, 6.45) is 3.00. The Morgan fingerprint density at radius 1 is 1.04 bits per heavy atom. The summed E-state index contributed by atoms with van der Waals surface area (Å²) in [5.74, 6) is 0.101. The van der Waals surface area contributed by atoms with E-state index in [2.05, 4.69) is 14.4 Å². The third kappa shape index (κ3) is 3.17. The SMILES string of the molecule is Cc1conc1NS(=O)(=O)c1ccc(S(=O)(=O)N2CCCC2)cc1. The molecule has 1 aromatic heterocycles. The lowest BCUT2D eigenvalue weighted by Crippen LogP contribution is -2.27. The molecule has 0 radical (unpaired) electrons. The maximum absolute atomic E-state index is 12.4. The Morgan fingerprint density at radius 2 is 1.62 bits per heavy atom. The normalized spacial score (nSPS) is 16.4. The second kappa shape index (κ2) is 6.19. The molecule has 130 valence electrons. The highest BCUT2D eigenvalue weighted by Crippen LogP contribution is 2.23. The van der Waals surface area contributed by atoms with E-state index in [-0.39, 0.29) is 15.6 Å². The van der Waals surface area contributed by atoms with Crippen LogP contribution in [0.2, 0.25) is 0 Å². The first kappa shape index (κ1) is 16.9. The van der Waals surface area contributed by atoms with Gasteiger partial charge in [-0.15, -0.1) is 0 Å². The molecule has 1 aromatic carbocycles. The average Bonchev–Trinajstić information content (AvgIpc) is 3.20. The molecule has 10 heteroatoms. The third-order valence-corrected chi connectivity index (χ3v) is 7.08. The fourth-order valence-electron chi connectivity index (χ4n) is 2.44. The van der Waals surface area contributed by atoms with E-state index in [1.54, 1.807) is 6.92 Å². The molecular formula is C14H17N3O5S2. The van der Waals surface area contributed by atoms with E-state index in [0.717, 1.165) is 12.8 Å². The average molecular weight is 371 g/mol. The number of hydrogen-bond donors (Lipinski definition) is 1. The van der Waals surface area contributed by atoms with Crippen LogP contribution >= 0.6 is 0 Å². The molecule has 0 atom stereocenters. The molecule has 0 saturated carbocycles. The zero-order valence-corrected chi connectivity index (χ0v) is 14.6. The number of nitrogens with zero attached hydrogens (tertiary/aromatic N) is 2. The van der Waals surface area contributed by atoms with Crippen molar-refractivity contribution in [2.45, 2.75) is 29.6 Å². The van der Waals surface area contributed by atoms with Gasteiger partial charge in [-0.1, -0.05) is 5.16 Å². The van der Waals surface area contributed by atoms with Crippen LogP contribution in [-0.2, 0) is 20.0 Å². The van der Waals surface area contributed by atoms with Crippen molar-refractivity contribution in [3.8, 4) is 0 Å². The summed E-state index contributed by atoms with van der Waals surface area (Å²) in [7, 11) is -7.43. The molecule has 0 amide bonds. The molecule has 0 unspecified atom stereocenters. The Hall–Kier alpha value is -1.91. The number of nitrogens with one attached hydrogen (secondary N) is 1. The third-order valence-electron chi connectivity index (χ3n) is 3.81. The van der Waals surface area contributed by atoms with Crippen molar-refractivity contribution in [2.24, 2.45) is 0 Å². The molecule has 0 spiro atoms. The number of rotatable bonds is 5. The zero-order valence-electron chi connectivity index (χ0n) is 13.0. The Labute approximate surface area is 140 Å². The summed E-state index contributed by atoms with van der Waals surface area (Å²) in [4.78, 5) is 0.0336. The minimum Gasteiger partial charge on any atom is -0.362 e.